The average Bonchev–Trinajstić information content (AvgIpc) is 2.18. The van der Waals surface area contributed by atoms with Crippen LogP contribution in [-0.2, 0) is 5.41 Å². The Hall–Kier alpha value is -0.860. The molecule has 0 heterocycles. The smallest absolute Gasteiger partial charge is 0.108 e. The van der Waals surface area contributed by atoms with E-state index < -0.39 is 5.41 Å². The summed E-state index contributed by atoms with van der Waals surface area (Å²) in [6.45, 7) is 3.23. The van der Waals surface area contributed by atoms with Crippen molar-refractivity contribution in [1.82, 2.24) is 0 Å². The minimum absolute atomic E-state index is 0.289. The Morgan fingerprint density at radius 3 is 2.40 bits per heavy atom. The van der Waals surface area contributed by atoms with Gasteiger partial charge >= 0.3 is 0 Å². The Morgan fingerprint density at radius 2 is 1.93 bits per heavy atom. The van der Waals surface area contributed by atoms with Gasteiger partial charge < -0.3 is 5.11 Å². The van der Waals surface area contributed by atoms with E-state index in [9.17, 15) is 4.39 Å². The maximum Gasteiger partial charge on any atom is 0.108 e. The van der Waals surface area contributed by atoms with Crippen LogP contribution < -0.4 is 0 Å². The van der Waals surface area contributed by atoms with E-state index in [0.717, 1.165) is 5.56 Å². The standard InChI is InChI=1S/C12H14ClFO/c1-12(2,11(14)7-8-15)9-3-5-10(13)6-4-9/h3-7,15H,8H2,1-2H3/b11-7-. The van der Waals surface area contributed by atoms with Crippen molar-refractivity contribution in [1.29, 1.82) is 0 Å². The molecule has 0 amide bonds. The lowest BCUT2D eigenvalue weighted by molar-refractivity contribution is 0.333. The summed E-state index contributed by atoms with van der Waals surface area (Å²) in [4.78, 5) is 0. The number of aliphatic hydroxyl groups excluding tert-OH is 1. The predicted molar refractivity (Wildman–Crippen MR) is 60.8 cm³/mol. The normalized spacial score (nSPS) is 13.0. The highest BCUT2D eigenvalue weighted by Crippen LogP contribution is 2.32. The molecule has 0 aliphatic rings. The minimum Gasteiger partial charge on any atom is -0.392 e. The average molecular weight is 229 g/mol. The summed E-state index contributed by atoms with van der Waals surface area (Å²) >= 11 is 5.75. The second-order valence-corrected chi connectivity index (χ2v) is 4.30. The maximum absolute atomic E-state index is 13.6. The van der Waals surface area contributed by atoms with Gasteiger partial charge in [0.2, 0.25) is 0 Å². The molecule has 0 aliphatic carbocycles. The van der Waals surface area contributed by atoms with Crippen LogP contribution in [-0.4, -0.2) is 11.7 Å². The third-order valence-corrected chi connectivity index (χ3v) is 2.69. The Balaban J connectivity index is 3.05. The van der Waals surface area contributed by atoms with Crippen molar-refractivity contribution in [2.45, 2.75) is 19.3 Å². The molecule has 0 radical (unpaired) electrons. The van der Waals surface area contributed by atoms with Crippen LogP contribution in [0, 0.1) is 0 Å². The summed E-state index contributed by atoms with van der Waals surface area (Å²) in [5, 5.41) is 9.28. The van der Waals surface area contributed by atoms with Gasteiger partial charge in [0.05, 0.1) is 6.61 Å². The Kier molecular flexibility index (Phi) is 3.89. The fourth-order valence-corrected chi connectivity index (χ4v) is 1.47. The molecule has 1 nitrogen and oxygen atoms in total. The van der Waals surface area contributed by atoms with Gasteiger partial charge in [0.1, 0.15) is 5.83 Å². The Morgan fingerprint density at radius 1 is 1.40 bits per heavy atom. The zero-order valence-corrected chi connectivity index (χ0v) is 9.55. The van der Waals surface area contributed by atoms with Crippen molar-refractivity contribution < 1.29 is 9.50 Å². The third-order valence-electron chi connectivity index (χ3n) is 2.43. The molecular weight excluding hydrogens is 215 g/mol. The molecule has 0 unspecified atom stereocenters. The number of rotatable bonds is 3. The highest BCUT2D eigenvalue weighted by molar-refractivity contribution is 6.30. The van der Waals surface area contributed by atoms with E-state index in [1.807, 2.05) is 0 Å². The molecule has 1 aromatic rings. The van der Waals surface area contributed by atoms with Crippen LogP contribution >= 0.6 is 11.6 Å². The monoisotopic (exact) mass is 228 g/mol. The first-order valence-corrected chi connectivity index (χ1v) is 5.09. The zero-order chi connectivity index (χ0) is 11.5. The van der Waals surface area contributed by atoms with E-state index >= 15 is 0 Å². The number of hydrogen-bond acceptors (Lipinski definition) is 1. The molecule has 1 aromatic carbocycles. The number of aliphatic hydroxyl groups is 1. The number of benzene rings is 1. The van der Waals surface area contributed by atoms with Crippen molar-refractivity contribution in [2.24, 2.45) is 0 Å². The quantitative estimate of drug-likeness (QED) is 0.840. The molecule has 0 saturated heterocycles. The summed E-state index contributed by atoms with van der Waals surface area (Å²) in [7, 11) is 0. The Bertz CT molecular complexity index is 354. The van der Waals surface area contributed by atoms with Crippen LogP contribution in [0.25, 0.3) is 0 Å². The first-order valence-electron chi connectivity index (χ1n) is 4.71. The number of allylic oxidation sites excluding steroid dienone is 1. The van der Waals surface area contributed by atoms with Crippen LogP contribution in [0.3, 0.4) is 0 Å². The minimum atomic E-state index is -0.729. The van der Waals surface area contributed by atoms with Crippen molar-refractivity contribution >= 4 is 11.6 Å². The van der Waals surface area contributed by atoms with E-state index in [1.54, 1.807) is 38.1 Å². The molecule has 0 fully saturated rings. The van der Waals surface area contributed by atoms with Crippen LogP contribution in [0.2, 0.25) is 5.02 Å². The van der Waals surface area contributed by atoms with Crippen LogP contribution in [0.5, 0.6) is 0 Å². The van der Waals surface area contributed by atoms with Gasteiger partial charge in [-0.1, -0.05) is 23.7 Å². The predicted octanol–water partition coefficient (Wildman–Crippen LogP) is 3.46. The molecular formula is C12H14ClFO. The zero-order valence-electron chi connectivity index (χ0n) is 8.80. The van der Waals surface area contributed by atoms with Crippen molar-refractivity contribution in [3.63, 3.8) is 0 Å². The lowest BCUT2D eigenvalue weighted by Crippen LogP contribution is -2.18. The molecule has 0 aliphatic heterocycles. The SMILES string of the molecule is CC(C)(/C(F)=C/CO)c1ccc(Cl)cc1. The largest absolute Gasteiger partial charge is 0.392 e. The number of halogens is 2. The van der Waals surface area contributed by atoms with E-state index in [1.165, 1.54) is 6.08 Å². The van der Waals surface area contributed by atoms with Crippen LogP contribution in [0.15, 0.2) is 36.2 Å². The van der Waals surface area contributed by atoms with Crippen molar-refractivity contribution in [3.8, 4) is 0 Å². The second kappa shape index (κ2) is 4.77. The molecule has 1 N–H and O–H groups in total. The fourth-order valence-electron chi connectivity index (χ4n) is 1.34. The summed E-state index contributed by atoms with van der Waals surface area (Å²) in [5.74, 6) is -0.340. The van der Waals surface area contributed by atoms with Gasteiger partial charge in [-0.05, 0) is 37.6 Å². The summed E-state index contributed by atoms with van der Waals surface area (Å²) < 4.78 is 13.6. The van der Waals surface area contributed by atoms with E-state index in [2.05, 4.69) is 0 Å². The van der Waals surface area contributed by atoms with Gasteiger partial charge in [-0.25, -0.2) is 4.39 Å². The van der Waals surface area contributed by atoms with Crippen molar-refractivity contribution in [3.05, 3.63) is 46.8 Å². The molecule has 0 atom stereocenters. The highest BCUT2D eigenvalue weighted by Gasteiger charge is 2.25. The Labute approximate surface area is 94.2 Å². The molecule has 0 aromatic heterocycles. The second-order valence-electron chi connectivity index (χ2n) is 3.87. The van der Waals surface area contributed by atoms with Crippen molar-refractivity contribution in [2.75, 3.05) is 6.61 Å². The lowest BCUT2D eigenvalue weighted by atomic mass is 9.83. The van der Waals surface area contributed by atoms with Gasteiger partial charge in [0.15, 0.2) is 0 Å². The fraction of sp³-hybridized carbons (Fsp3) is 0.333. The third kappa shape index (κ3) is 2.80. The first-order chi connectivity index (χ1) is 6.98. The van der Waals surface area contributed by atoms with Gasteiger partial charge in [-0.2, -0.15) is 0 Å². The summed E-state index contributed by atoms with van der Waals surface area (Å²) in [6.07, 6.45) is 1.18. The molecule has 0 bridgehead atoms. The van der Waals surface area contributed by atoms with Gasteiger partial charge in [0.25, 0.3) is 0 Å². The topological polar surface area (TPSA) is 20.2 Å². The molecule has 1 rings (SSSR count). The van der Waals surface area contributed by atoms with Crippen LogP contribution in [0.4, 0.5) is 4.39 Å². The first kappa shape index (κ1) is 12.2. The lowest BCUT2D eigenvalue weighted by Gasteiger charge is -2.23. The maximum atomic E-state index is 13.6. The number of hydrogen-bond donors (Lipinski definition) is 1. The van der Waals surface area contributed by atoms with Gasteiger partial charge in [-0.15, -0.1) is 0 Å². The molecule has 82 valence electrons. The molecule has 3 heteroatoms. The van der Waals surface area contributed by atoms with E-state index in [4.69, 9.17) is 16.7 Å². The van der Waals surface area contributed by atoms with Gasteiger partial charge in [-0.3, -0.25) is 0 Å². The van der Waals surface area contributed by atoms with E-state index in [-0.39, 0.29) is 12.4 Å². The highest BCUT2D eigenvalue weighted by atomic mass is 35.5. The summed E-state index contributed by atoms with van der Waals surface area (Å²) in [5.41, 5.74) is 0.0990. The van der Waals surface area contributed by atoms with Crippen LogP contribution in [0.1, 0.15) is 19.4 Å². The van der Waals surface area contributed by atoms with Gasteiger partial charge in [0, 0.05) is 10.4 Å². The summed E-state index contributed by atoms with van der Waals surface area (Å²) in [6, 6.07) is 7.02. The van der Waals surface area contributed by atoms with E-state index in [0.29, 0.717) is 5.02 Å². The molecule has 0 spiro atoms. The molecule has 15 heavy (non-hydrogen) atoms. The molecule has 0 saturated carbocycles.